The van der Waals surface area contributed by atoms with E-state index >= 15 is 0 Å². The SMILES string of the molecule is C/C(=N/NC(=O)COc1ccccc1[N+](=O)[O-])c1ccc(F)c(F)c1. The van der Waals surface area contributed by atoms with E-state index in [1.165, 1.54) is 37.3 Å². The molecule has 9 heteroatoms. The van der Waals surface area contributed by atoms with Crippen LogP contribution in [0.15, 0.2) is 47.6 Å². The topological polar surface area (TPSA) is 93.8 Å². The van der Waals surface area contributed by atoms with Gasteiger partial charge in [0.2, 0.25) is 0 Å². The lowest BCUT2D eigenvalue weighted by atomic mass is 10.1. The van der Waals surface area contributed by atoms with Crippen LogP contribution in [0.25, 0.3) is 0 Å². The van der Waals surface area contributed by atoms with Crippen molar-refractivity contribution in [1.82, 2.24) is 5.43 Å². The van der Waals surface area contributed by atoms with Gasteiger partial charge in [-0.15, -0.1) is 0 Å². The highest BCUT2D eigenvalue weighted by molar-refractivity contribution is 5.99. The molecule has 1 N–H and O–H groups in total. The Morgan fingerprint density at radius 3 is 2.64 bits per heavy atom. The normalized spacial score (nSPS) is 11.1. The van der Waals surface area contributed by atoms with Crippen molar-refractivity contribution in [2.75, 3.05) is 6.61 Å². The molecule has 0 aliphatic rings. The van der Waals surface area contributed by atoms with Gasteiger partial charge in [-0.2, -0.15) is 5.10 Å². The average molecular weight is 349 g/mol. The Morgan fingerprint density at radius 1 is 1.24 bits per heavy atom. The number of carbonyl (C=O) groups is 1. The molecule has 2 aromatic rings. The maximum atomic E-state index is 13.2. The molecule has 130 valence electrons. The predicted octanol–water partition coefficient (Wildman–Crippen LogP) is 2.79. The first-order valence-corrected chi connectivity index (χ1v) is 7.03. The van der Waals surface area contributed by atoms with Gasteiger partial charge in [0.15, 0.2) is 24.0 Å². The quantitative estimate of drug-likeness (QED) is 0.493. The molecule has 0 atom stereocenters. The van der Waals surface area contributed by atoms with Crippen LogP contribution in [0.3, 0.4) is 0 Å². The van der Waals surface area contributed by atoms with Crippen LogP contribution < -0.4 is 10.2 Å². The second-order valence-corrected chi connectivity index (χ2v) is 4.87. The number of amides is 1. The number of hydrazone groups is 1. The summed E-state index contributed by atoms with van der Waals surface area (Å²) in [7, 11) is 0. The molecule has 0 aromatic heterocycles. The first-order chi connectivity index (χ1) is 11.9. The van der Waals surface area contributed by atoms with Gasteiger partial charge >= 0.3 is 5.69 Å². The van der Waals surface area contributed by atoms with Gasteiger partial charge in [-0.3, -0.25) is 14.9 Å². The van der Waals surface area contributed by atoms with Crippen LogP contribution in [0.4, 0.5) is 14.5 Å². The number of benzene rings is 2. The Labute approximate surface area is 141 Å². The van der Waals surface area contributed by atoms with E-state index in [0.717, 1.165) is 12.1 Å². The summed E-state index contributed by atoms with van der Waals surface area (Å²) in [5, 5.41) is 14.6. The first kappa shape index (κ1) is 18.0. The second kappa shape index (κ2) is 7.95. The van der Waals surface area contributed by atoms with E-state index in [9.17, 15) is 23.7 Å². The summed E-state index contributed by atoms with van der Waals surface area (Å²) in [4.78, 5) is 21.9. The van der Waals surface area contributed by atoms with Gasteiger partial charge in [0.25, 0.3) is 5.91 Å². The molecule has 0 radical (unpaired) electrons. The summed E-state index contributed by atoms with van der Waals surface area (Å²) in [6.45, 7) is 0.995. The van der Waals surface area contributed by atoms with Crippen LogP contribution in [0.2, 0.25) is 0 Å². The van der Waals surface area contributed by atoms with Crippen molar-refractivity contribution in [3.8, 4) is 5.75 Å². The third-order valence-corrected chi connectivity index (χ3v) is 3.11. The van der Waals surface area contributed by atoms with E-state index in [1.807, 2.05) is 0 Å². The van der Waals surface area contributed by atoms with E-state index in [0.29, 0.717) is 5.56 Å². The monoisotopic (exact) mass is 349 g/mol. The Bertz CT molecular complexity index is 840. The van der Waals surface area contributed by atoms with Gasteiger partial charge in [0, 0.05) is 11.6 Å². The van der Waals surface area contributed by atoms with Crippen LogP contribution in [-0.4, -0.2) is 23.1 Å². The minimum absolute atomic E-state index is 0.0519. The van der Waals surface area contributed by atoms with Crippen molar-refractivity contribution in [2.24, 2.45) is 5.10 Å². The number of nitro groups is 1. The average Bonchev–Trinajstić information content (AvgIpc) is 2.60. The van der Waals surface area contributed by atoms with Crippen LogP contribution in [0.1, 0.15) is 12.5 Å². The highest BCUT2D eigenvalue weighted by atomic mass is 19.2. The second-order valence-electron chi connectivity index (χ2n) is 4.87. The predicted molar refractivity (Wildman–Crippen MR) is 85.3 cm³/mol. The number of para-hydroxylation sites is 2. The zero-order chi connectivity index (χ0) is 18.4. The molecule has 0 saturated heterocycles. The lowest BCUT2D eigenvalue weighted by Crippen LogP contribution is -2.25. The Hall–Kier alpha value is -3.36. The van der Waals surface area contributed by atoms with Crippen molar-refractivity contribution >= 4 is 17.3 Å². The van der Waals surface area contributed by atoms with Gasteiger partial charge in [0.05, 0.1) is 10.6 Å². The molecular weight excluding hydrogens is 336 g/mol. The smallest absolute Gasteiger partial charge is 0.310 e. The number of ether oxygens (including phenoxy) is 1. The van der Waals surface area contributed by atoms with Gasteiger partial charge < -0.3 is 4.74 Å². The maximum Gasteiger partial charge on any atom is 0.310 e. The van der Waals surface area contributed by atoms with Gasteiger partial charge in [-0.05, 0) is 31.2 Å². The van der Waals surface area contributed by atoms with Crippen molar-refractivity contribution in [2.45, 2.75) is 6.92 Å². The maximum absolute atomic E-state index is 13.2. The number of hydrogen-bond acceptors (Lipinski definition) is 5. The third kappa shape index (κ3) is 4.80. The van der Waals surface area contributed by atoms with E-state index in [-0.39, 0.29) is 17.1 Å². The minimum atomic E-state index is -1.03. The molecule has 0 aliphatic carbocycles. The lowest BCUT2D eigenvalue weighted by molar-refractivity contribution is -0.385. The number of hydrogen-bond donors (Lipinski definition) is 1. The molecule has 0 unspecified atom stereocenters. The number of nitrogens with zero attached hydrogens (tertiary/aromatic N) is 2. The zero-order valence-electron chi connectivity index (χ0n) is 13.0. The summed E-state index contributed by atoms with van der Waals surface area (Å²) in [5.74, 6) is -2.74. The van der Waals surface area contributed by atoms with E-state index in [4.69, 9.17) is 4.74 Å². The lowest BCUT2D eigenvalue weighted by Gasteiger charge is -2.06. The van der Waals surface area contributed by atoms with Crippen molar-refractivity contribution in [3.63, 3.8) is 0 Å². The van der Waals surface area contributed by atoms with Gasteiger partial charge in [0.1, 0.15) is 0 Å². The molecular formula is C16H13F2N3O4. The molecule has 7 nitrogen and oxygen atoms in total. The summed E-state index contributed by atoms with van der Waals surface area (Å²) >= 11 is 0. The Morgan fingerprint density at radius 2 is 1.96 bits per heavy atom. The number of nitrogens with one attached hydrogen (secondary N) is 1. The number of carbonyl (C=O) groups excluding carboxylic acids is 1. The summed E-state index contributed by atoms with van der Waals surface area (Å²) in [5.41, 5.74) is 2.44. The van der Waals surface area contributed by atoms with E-state index in [2.05, 4.69) is 10.5 Å². The Balaban J connectivity index is 1.96. The highest BCUT2D eigenvalue weighted by Gasteiger charge is 2.14. The standard InChI is InChI=1S/C16H13F2N3O4/c1-10(11-6-7-12(17)13(18)8-11)19-20-16(22)9-25-15-5-3-2-4-14(15)21(23)24/h2-8H,9H2,1H3,(H,20,22)/b19-10-. The highest BCUT2D eigenvalue weighted by Crippen LogP contribution is 2.25. The molecule has 0 fully saturated rings. The fourth-order valence-electron chi connectivity index (χ4n) is 1.84. The van der Waals surface area contributed by atoms with E-state index in [1.54, 1.807) is 0 Å². The Kier molecular flexibility index (Phi) is 5.72. The molecule has 0 spiro atoms. The summed E-state index contributed by atoms with van der Waals surface area (Å²) in [6.07, 6.45) is 0. The van der Waals surface area contributed by atoms with Crippen molar-refractivity contribution in [3.05, 3.63) is 69.8 Å². The first-order valence-electron chi connectivity index (χ1n) is 7.03. The van der Waals surface area contributed by atoms with Crippen LogP contribution in [-0.2, 0) is 4.79 Å². The molecule has 25 heavy (non-hydrogen) atoms. The molecule has 0 heterocycles. The summed E-state index contributed by atoms with van der Waals surface area (Å²) < 4.78 is 31.1. The minimum Gasteiger partial charge on any atom is -0.477 e. The molecule has 0 bridgehead atoms. The molecule has 1 amide bonds. The molecule has 0 aliphatic heterocycles. The largest absolute Gasteiger partial charge is 0.477 e. The number of halogens is 2. The number of nitro benzene ring substituents is 1. The fourth-order valence-corrected chi connectivity index (χ4v) is 1.84. The van der Waals surface area contributed by atoms with E-state index < -0.39 is 29.1 Å². The molecule has 2 rings (SSSR count). The third-order valence-electron chi connectivity index (χ3n) is 3.11. The number of rotatable bonds is 6. The van der Waals surface area contributed by atoms with Crippen molar-refractivity contribution < 1.29 is 23.2 Å². The summed E-state index contributed by atoms with van der Waals surface area (Å²) in [6, 6.07) is 8.83. The zero-order valence-corrected chi connectivity index (χ0v) is 13.0. The van der Waals surface area contributed by atoms with Gasteiger partial charge in [-0.25, -0.2) is 14.2 Å². The van der Waals surface area contributed by atoms with Gasteiger partial charge in [-0.1, -0.05) is 12.1 Å². The fraction of sp³-hybridized carbons (Fsp3) is 0.125. The van der Waals surface area contributed by atoms with Crippen LogP contribution >= 0.6 is 0 Å². The van der Waals surface area contributed by atoms with Crippen LogP contribution in [0.5, 0.6) is 5.75 Å². The van der Waals surface area contributed by atoms with Crippen LogP contribution in [0, 0.1) is 21.7 Å². The van der Waals surface area contributed by atoms with Crippen molar-refractivity contribution in [1.29, 1.82) is 0 Å². The molecule has 0 saturated carbocycles. The molecule has 2 aromatic carbocycles.